The van der Waals surface area contributed by atoms with Crippen molar-refractivity contribution in [3.05, 3.63) is 65.7 Å². The number of nitrogens with zero attached hydrogens (tertiary/aromatic N) is 4. The smallest absolute Gasteiger partial charge is 0.291 e. The van der Waals surface area contributed by atoms with Crippen molar-refractivity contribution in [1.29, 1.82) is 0 Å². The van der Waals surface area contributed by atoms with Crippen LogP contribution in [0.25, 0.3) is 16.7 Å². The van der Waals surface area contributed by atoms with Crippen LogP contribution in [0, 0.1) is 13.8 Å². The van der Waals surface area contributed by atoms with E-state index in [1.165, 1.54) is 11.0 Å². The van der Waals surface area contributed by atoms with Gasteiger partial charge in [0.2, 0.25) is 0 Å². The lowest BCUT2D eigenvalue weighted by Crippen LogP contribution is -2.12. The average molecular weight is 333 g/mol. The molecule has 2 aromatic heterocycles. The van der Waals surface area contributed by atoms with E-state index in [4.69, 9.17) is 4.42 Å². The second kappa shape index (κ2) is 5.86. The zero-order valence-corrected chi connectivity index (χ0v) is 13.7. The molecule has 0 saturated heterocycles. The predicted octanol–water partition coefficient (Wildman–Crippen LogP) is 3.28. The second-order valence-electron chi connectivity index (χ2n) is 5.81. The molecule has 4 aromatic rings. The van der Waals surface area contributed by atoms with Crippen molar-refractivity contribution in [2.24, 2.45) is 0 Å². The molecule has 0 aliphatic heterocycles. The monoisotopic (exact) mass is 333 g/mol. The third-order valence-electron chi connectivity index (χ3n) is 4.04. The van der Waals surface area contributed by atoms with Gasteiger partial charge in [-0.1, -0.05) is 12.1 Å². The van der Waals surface area contributed by atoms with Gasteiger partial charge < -0.3 is 9.73 Å². The lowest BCUT2D eigenvalue weighted by atomic mass is 10.1. The number of hydrogen-bond acceptors (Lipinski definition) is 5. The van der Waals surface area contributed by atoms with Crippen LogP contribution in [0.5, 0.6) is 0 Å². The van der Waals surface area contributed by atoms with E-state index in [-0.39, 0.29) is 5.91 Å². The molecular formula is C18H15N5O2. The Morgan fingerprint density at radius 1 is 1.12 bits per heavy atom. The third kappa shape index (κ3) is 2.76. The van der Waals surface area contributed by atoms with Crippen molar-refractivity contribution in [1.82, 2.24) is 20.2 Å². The number of benzene rings is 2. The van der Waals surface area contributed by atoms with Crippen LogP contribution in [-0.4, -0.2) is 26.1 Å². The Labute approximate surface area is 143 Å². The molecule has 124 valence electrons. The van der Waals surface area contributed by atoms with Crippen molar-refractivity contribution in [3.63, 3.8) is 0 Å². The van der Waals surface area contributed by atoms with E-state index in [2.05, 4.69) is 20.8 Å². The van der Waals surface area contributed by atoms with Gasteiger partial charge in [-0.25, -0.2) is 4.68 Å². The molecule has 0 unspecified atom stereocenters. The van der Waals surface area contributed by atoms with Gasteiger partial charge in [-0.2, -0.15) is 0 Å². The fraction of sp³-hybridized carbons (Fsp3) is 0.111. The van der Waals surface area contributed by atoms with Crippen molar-refractivity contribution < 1.29 is 9.21 Å². The number of carbonyl (C=O) groups is 1. The molecular weight excluding hydrogens is 318 g/mol. The quantitative estimate of drug-likeness (QED) is 0.622. The van der Waals surface area contributed by atoms with Gasteiger partial charge in [0.15, 0.2) is 5.76 Å². The Bertz CT molecular complexity index is 1050. The zero-order chi connectivity index (χ0) is 17.4. The number of furan rings is 1. The number of hydrogen-bond donors (Lipinski definition) is 1. The standard InChI is InChI=1S/C18H15N5O2/c1-11-3-8-15-12(2)17(25-16(15)9-11)18(24)20-13-4-6-14(7-5-13)23-10-19-21-22-23/h3-10H,1-2H3,(H,20,24). The van der Waals surface area contributed by atoms with Gasteiger partial charge in [-0.05, 0) is 60.2 Å². The highest BCUT2D eigenvalue weighted by atomic mass is 16.3. The topological polar surface area (TPSA) is 85.8 Å². The molecule has 0 atom stereocenters. The molecule has 4 rings (SSSR count). The van der Waals surface area contributed by atoms with Crippen LogP contribution in [0.1, 0.15) is 21.7 Å². The summed E-state index contributed by atoms with van der Waals surface area (Å²) in [6, 6.07) is 13.1. The molecule has 25 heavy (non-hydrogen) atoms. The maximum atomic E-state index is 12.6. The number of anilines is 1. The van der Waals surface area contributed by atoms with Crippen LogP contribution in [0.3, 0.4) is 0 Å². The van der Waals surface area contributed by atoms with Gasteiger partial charge in [0.05, 0.1) is 5.69 Å². The molecule has 7 heteroatoms. The highest BCUT2D eigenvalue weighted by Gasteiger charge is 2.17. The lowest BCUT2D eigenvalue weighted by molar-refractivity contribution is 0.0998. The van der Waals surface area contributed by atoms with Crippen LogP contribution < -0.4 is 5.32 Å². The summed E-state index contributed by atoms with van der Waals surface area (Å²) >= 11 is 0. The van der Waals surface area contributed by atoms with Crippen molar-refractivity contribution in [2.75, 3.05) is 5.32 Å². The van der Waals surface area contributed by atoms with Crippen LogP contribution in [-0.2, 0) is 0 Å². The van der Waals surface area contributed by atoms with E-state index >= 15 is 0 Å². The van der Waals surface area contributed by atoms with Gasteiger partial charge in [0.1, 0.15) is 11.9 Å². The van der Waals surface area contributed by atoms with E-state index in [0.29, 0.717) is 11.4 Å². The molecule has 0 aliphatic carbocycles. The maximum Gasteiger partial charge on any atom is 0.291 e. The van der Waals surface area contributed by atoms with Gasteiger partial charge >= 0.3 is 0 Å². The predicted molar refractivity (Wildman–Crippen MR) is 92.8 cm³/mol. The Balaban J connectivity index is 1.59. The minimum atomic E-state index is -0.276. The van der Waals surface area contributed by atoms with Crippen LogP contribution >= 0.6 is 0 Å². The molecule has 0 radical (unpaired) electrons. The minimum Gasteiger partial charge on any atom is -0.451 e. The summed E-state index contributed by atoms with van der Waals surface area (Å²) < 4.78 is 7.29. The van der Waals surface area contributed by atoms with E-state index in [1.807, 2.05) is 44.2 Å². The van der Waals surface area contributed by atoms with Crippen molar-refractivity contribution >= 4 is 22.6 Å². The van der Waals surface area contributed by atoms with Gasteiger partial charge in [-0.3, -0.25) is 4.79 Å². The Morgan fingerprint density at radius 3 is 2.64 bits per heavy atom. The van der Waals surface area contributed by atoms with Gasteiger partial charge in [-0.15, -0.1) is 5.10 Å². The summed E-state index contributed by atoms with van der Waals surface area (Å²) in [5.74, 6) is 0.0479. The Kier molecular flexibility index (Phi) is 3.53. The fourth-order valence-corrected chi connectivity index (χ4v) is 2.71. The summed E-state index contributed by atoms with van der Waals surface area (Å²) in [5, 5.41) is 14.8. The highest BCUT2D eigenvalue weighted by molar-refractivity contribution is 6.06. The van der Waals surface area contributed by atoms with Crippen LogP contribution in [0.15, 0.2) is 53.2 Å². The summed E-state index contributed by atoms with van der Waals surface area (Å²) in [7, 11) is 0. The second-order valence-corrected chi connectivity index (χ2v) is 5.81. The van der Waals surface area contributed by atoms with E-state index in [9.17, 15) is 4.79 Å². The number of carbonyl (C=O) groups excluding carboxylic acids is 1. The number of aryl methyl sites for hydroxylation is 2. The summed E-state index contributed by atoms with van der Waals surface area (Å²) in [4.78, 5) is 12.6. The molecule has 0 bridgehead atoms. The molecule has 0 spiro atoms. The highest BCUT2D eigenvalue weighted by Crippen LogP contribution is 2.27. The summed E-state index contributed by atoms with van der Waals surface area (Å²) in [6.45, 7) is 3.88. The molecule has 2 aromatic carbocycles. The number of amides is 1. The molecule has 2 heterocycles. The van der Waals surface area contributed by atoms with Crippen LogP contribution in [0.2, 0.25) is 0 Å². The maximum absolute atomic E-state index is 12.6. The number of rotatable bonds is 3. The largest absolute Gasteiger partial charge is 0.451 e. The van der Waals surface area contributed by atoms with E-state index < -0.39 is 0 Å². The van der Waals surface area contributed by atoms with Crippen LogP contribution in [0.4, 0.5) is 5.69 Å². The first-order valence-electron chi connectivity index (χ1n) is 7.76. The average Bonchev–Trinajstić information content (AvgIpc) is 3.24. The number of tetrazole rings is 1. The van der Waals surface area contributed by atoms with E-state index in [0.717, 1.165) is 27.8 Å². The van der Waals surface area contributed by atoms with Crippen molar-refractivity contribution in [2.45, 2.75) is 13.8 Å². The lowest BCUT2D eigenvalue weighted by Gasteiger charge is -2.05. The van der Waals surface area contributed by atoms with Crippen molar-refractivity contribution in [3.8, 4) is 5.69 Å². The van der Waals surface area contributed by atoms with E-state index in [1.54, 1.807) is 12.1 Å². The molecule has 7 nitrogen and oxygen atoms in total. The summed E-state index contributed by atoms with van der Waals surface area (Å²) in [6.07, 6.45) is 1.51. The molecule has 0 aliphatic rings. The SMILES string of the molecule is Cc1ccc2c(C)c(C(=O)Nc3ccc(-n4cnnn4)cc3)oc2c1. The third-order valence-corrected chi connectivity index (χ3v) is 4.04. The first kappa shape index (κ1) is 15.1. The normalized spacial score (nSPS) is 11.0. The number of nitrogens with one attached hydrogen (secondary N) is 1. The first-order chi connectivity index (χ1) is 12.1. The zero-order valence-electron chi connectivity index (χ0n) is 13.7. The first-order valence-corrected chi connectivity index (χ1v) is 7.76. The Hall–Kier alpha value is -3.48. The number of fused-ring (bicyclic) bond motifs is 1. The molecule has 0 saturated carbocycles. The minimum absolute atomic E-state index is 0.276. The number of aromatic nitrogens is 4. The fourth-order valence-electron chi connectivity index (χ4n) is 2.71. The Morgan fingerprint density at radius 2 is 1.92 bits per heavy atom. The summed E-state index contributed by atoms with van der Waals surface area (Å²) in [5.41, 5.74) is 4.11. The van der Waals surface area contributed by atoms with Gasteiger partial charge in [0.25, 0.3) is 5.91 Å². The molecule has 1 amide bonds. The molecule has 0 fully saturated rings. The van der Waals surface area contributed by atoms with Gasteiger partial charge in [0, 0.05) is 16.6 Å². The molecule has 1 N–H and O–H groups in total.